The van der Waals surface area contributed by atoms with Crippen molar-refractivity contribution in [3.05, 3.63) is 29.3 Å². The summed E-state index contributed by atoms with van der Waals surface area (Å²) in [6.45, 7) is 1.07. The Kier molecular flexibility index (Phi) is 2.60. The first-order valence-corrected chi connectivity index (χ1v) is 4.82. The molecule has 2 rings (SSSR count). The summed E-state index contributed by atoms with van der Waals surface area (Å²) in [4.78, 5) is 11.4. The Morgan fingerprint density at radius 2 is 2.47 bits per heavy atom. The minimum atomic E-state index is -0.371. The van der Waals surface area contributed by atoms with Gasteiger partial charge in [-0.3, -0.25) is 0 Å². The number of rotatable bonds is 2. The van der Waals surface area contributed by atoms with Crippen LogP contribution in [0.4, 0.5) is 0 Å². The Hall–Kier alpha value is -1.55. The molecule has 4 nitrogen and oxygen atoms in total. The molecule has 0 amide bonds. The van der Waals surface area contributed by atoms with Crippen LogP contribution >= 0.6 is 0 Å². The summed E-state index contributed by atoms with van der Waals surface area (Å²) in [5.74, 6) is 0.439. The van der Waals surface area contributed by atoms with Crippen LogP contribution in [0.25, 0.3) is 0 Å². The lowest BCUT2D eigenvalue weighted by molar-refractivity contribution is 0.0597. The molecule has 4 heteroatoms. The maximum Gasteiger partial charge on any atom is 0.341 e. The molecule has 0 bridgehead atoms. The highest BCUT2D eigenvalue weighted by molar-refractivity contribution is 5.93. The molecule has 0 aliphatic carbocycles. The lowest BCUT2D eigenvalue weighted by Crippen LogP contribution is -2.13. The van der Waals surface area contributed by atoms with Crippen LogP contribution in [-0.4, -0.2) is 26.2 Å². The lowest BCUT2D eigenvalue weighted by Gasteiger charge is -2.06. The van der Waals surface area contributed by atoms with Gasteiger partial charge >= 0.3 is 5.97 Å². The second-order valence-corrected chi connectivity index (χ2v) is 3.46. The lowest BCUT2D eigenvalue weighted by atomic mass is 9.99. The second-order valence-electron chi connectivity index (χ2n) is 3.46. The van der Waals surface area contributed by atoms with Crippen molar-refractivity contribution in [1.82, 2.24) is 0 Å². The van der Waals surface area contributed by atoms with Gasteiger partial charge in [0.25, 0.3) is 0 Å². The fraction of sp³-hybridized carbons (Fsp3) is 0.364. The quantitative estimate of drug-likeness (QED) is 0.732. The molecular weight excluding hydrogens is 194 g/mol. The van der Waals surface area contributed by atoms with E-state index in [0.29, 0.717) is 24.5 Å². The van der Waals surface area contributed by atoms with Crippen molar-refractivity contribution in [3.63, 3.8) is 0 Å². The van der Waals surface area contributed by atoms with Gasteiger partial charge < -0.3 is 15.2 Å². The number of carbonyl (C=O) groups excluding carboxylic acids is 1. The number of para-hydroxylation sites is 1. The Morgan fingerprint density at radius 1 is 1.67 bits per heavy atom. The van der Waals surface area contributed by atoms with Gasteiger partial charge in [0.15, 0.2) is 0 Å². The van der Waals surface area contributed by atoms with Gasteiger partial charge in [-0.05, 0) is 6.07 Å². The molecular formula is C11H13NO3. The van der Waals surface area contributed by atoms with Crippen LogP contribution in [0.3, 0.4) is 0 Å². The third-order valence-electron chi connectivity index (χ3n) is 2.60. The number of esters is 1. The highest BCUT2D eigenvalue weighted by Gasteiger charge is 2.27. The maximum absolute atomic E-state index is 11.4. The van der Waals surface area contributed by atoms with E-state index in [0.717, 1.165) is 5.56 Å². The topological polar surface area (TPSA) is 61.5 Å². The molecule has 0 saturated heterocycles. The number of hydrogen-bond donors (Lipinski definition) is 1. The van der Waals surface area contributed by atoms with E-state index in [4.69, 9.17) is 10.5 Å². The Bertz CT molecular complexity index is 389. The first kappa shape index (κ1) is 9.98. The maximum atomic E-state index is 11.4. The number of nitrogens with two attached hydrogens (primary N) is 1. The number of carbonyl (C=O) groups is 1. The van der Waals surface area contributed by atoms with E-state index < -0.39 is 0 Å². The molecule has 1 aliphatic heterocycles. The van der Waals surface area contributed by atoms with Crippen molar-refractivity contribution < 1.29 is 14.3 Å². The highest BCUT2D eigenvalue weighted by atomic mass is 16.5. The van der Waals surface area contributed by atoms with Gasteiger partial charge in [-0.2, -0.15) is 0 Å². The molecule has 1 atom stereocenters. The summed E-state index contributed by atoms with van der Waals surface area (Å²) in [6.07, 6.45) is 0. The molecule has 1 aromatic rings. The zero-order chi connectivity index (χ0) is 10.8. The van der Waals surface area contributed by atoms with Crippen LogP contribution < -0.4 is 10.5 Å². The van der Waals surface area contributed by atoms with Gasteiger partial charge in [0.05, 0.1) is 13.7 Å². The van der Waals surface area contributed by atoms with Crippen molar-refractivity contribution in [2.24, 2.45) is 5.73 Å². The first-order valence-electron chi connectivity index (χ1n) is 4.82. The largest absolute Gasteiger partial charge is 0.492 e. The molecule has 1 heterocycles. The first-order chi connectivity index (χ1) is 7.27. The van der Waals surface area contributed by atoms with E-state index in [2.05, 4.69) is 4.74 Å². The minimum absolute atomic E-state index is 0.185. The predicted molar refractivity (Wildman–Crippen MR) is 55.1 cm³/mol. The average molecular weight is 207 g/mol. The standard InChI is InChI=1S/C11H13NO3/c1-14-11(13)9-4-2-3-8-7(5-12)6-15-10(8)9/h2-4,7H,5-6,12H2,1H3/t7-/m1/s1. The van der Waals surface area contributed by atoms with Crippen LogP contribution in [0.5, 0.6) is 5.75 Å². The molecule has 0 fully saturated rings. The molecule has 1 aromatic carbocycles. The van der Waals surface area contributed by atoms with E-state index in [1.54, 1.807) is 6.07 Å². The summed E-state index contributed by atoms with van der Waals surface area (Å²) in [6, 6.07) is 5.46. The summed E-state index contributed by atoms with van der Waals surface area (Å²) in [5, 5.41) is 0. The van der Waals surface area contributed by atoms with E-state index >= 15 is 0 Å². The van der Waals surface area contributed by atoms with Crippen LogP contribution in [-0.2, 0) is 4.74 Å². The van der Waals surface area contributed by atoms with Crippen molar-refractivity contribution in [3.8, 4) is 5.75 Å². The van der Waals surface area contributed by atoms with Crippen LogP contribution in [0.15, 0.2) is 18.2 Å². The molecule has 1 aliphatic rings. The van der Waals surface area contributed by atoms with Gasteiger partial charge in [-0.25, -0.2) is 4.79 Å². The second kappa shape index (κ2) is 3.90. The van der Waals surface area contributed by atoms with Crippen molar-refractivity contribution in [2.45, 2.75) is 5.92 Å². The summed E-state index contributed by atoms with van der Waals surface area (Å²) >= 11 is 0. The number of benzene rings is 1. The molecule has 2 N–H and O–H groups in total. The fourth-order valence-corrected chi connectivity index (χ4v) is 1.78. The van der Waals surface area contributed by atoms with Crippen molar-refractivity contribution in [1.29, 1.82) is 0 Å². The van der Waals surface area contributed by atoms with Gasteiger partial charge in [0.2, 0.25) is 0 Å². The summed E-state index contributed by atoms with van der Waals surface area (Å²) in [7, 11) is 1.36. The molecule has 80 valence electrons. The molecule has 0 spiro atoms. The Balaban J connectivity index is 2.44. The van der Waals surface area contributed by atoms with Crippen molar-refractivity contribution >= 4 is 5.97 Å². The van der Waals surface area contributed by atoms with Crippen LogP contribution in [0.2, 0.25) is 0 Å². The van der Waals surface area contributed by atoms with Crippen molar-refractivity contribution in [2.75, 3.05) is 20.3 Å². The monoisotopic (exact) mass is 207 g/mol. The zero-order valence-electron chi connectivity index (χ0n) is 8.53. The smallest absolute Gasteiger partial charge is 0.341 e. The normalized spacial score (nSPS) is 18.1. The zero-order valence-corrected chi connectivity index (χ0v) is 8.53. The van der Waals surface area contributed by atoms with E-state index in [1.165, 1.54) is 7.11 Å². The molecule has 0 radical (unpaired) electrons. The number of fused-ring (bicyclic) bond motifs is 1. The number of methoxy groups -OCH3 is 1. The van der Waals surface area contributed by atoms with Gasteiger partial charge in [-0.1, -0.05) is 12.1 Å². The molecule has 0 unspecified atom stereocenters. The van der Waals surface area contributed by atoms with E-state index in [-0.39, 0.29) is 11.9 Å². The van der Waals surface area contributed by atoms with Gasteiger partial charge in [0, 0.05) is 18.0 Å². The molecule has 15 heavy (non-hydrogen) atoms. The number of hydrogen-bond acceptors (Lipinski definition) is 4. The fourth-order valence-electron chi connectivity index (χ4n) is 1.78. The van der Waals surface area contributed by atoms with Gasteiger partial charge in [0.1, 0.15) is 11.3 Å². The Labute approximate surface area is 88.0 Å². The minimum Gasteiger partial charge on any atom is -0.492 e. The average Bonchev–Trinajstić information content (AvgIpc) is 2.70. The summed E-state index contributed by atoms with van der Waals surface area (Å²) in [5.41, 5.74) is 7.09. The SMILES string of the molecule is COC(=O)c1cccc2c1OC[C@H]2CN. The van der Waals surface area contributed by atoms with E-state index in [9.17, 15) is 4.79 Å². The number of ether oxygens (including phenoxy) is 2. The molecule has 0 aromatic heterocycles. The summed E-state index contributed by atoms with van der Waals surface area (Å²) < 4.78 is 10.2. The van der Waals surface area contributed by atoms with Gasteiger partial charge in [-0.15, -0.1) is 0 Å². The highest BCUT2D eigenvalue weighted by Crippen LogP contribution is 2.36. The third kappa shape index (κ3) is 1.57. The van der Waals surface area contributed by atoms with E-state index in [1.807, 2.05) is 12.1 Å². The predicted octanol–water partition coefficient (Wildman–Crippen LogP) is 0.908. The van der Waals surface area contributed by atoms with Crippen LogP contribution in [0, 0.1) is 0 Å². The molecule has 0 saturated carbocycles. The Morgan fingerprint density at radius 3 is 3.13 bits per heavy atom. The third-order valence-corrected chi connectivity index (χ3v) is 2.60. The van der Waals surface area contributed by atoms with Crippen LogP contribution in [0.1, 0.15) is 21.8 Å².